The van der Waals surface area contributed by atoms with Crippen molar-refractivity contribution < 1.29 is 13.2 Å². The van der Waals surface area contributed by atoms with Crippen molar-refractivity contribution in [3.63, 3.8) is 0 Å². The van der Waals surface area contributed by atoms with Crippen LogP contribution in [0.4, 0.5) is 11.5 Å². The first-order valence-corrected chi connectivity index (χ1v) is 13.5. The van der Waals surface area contributed by atoms with Gasteiger partial charge >= 0.3 is 0 Å². The number of piperidine rings is 2. The molecule has 1 aromatic heterocycles. The average Bonchev–Trinajstić information content (AvgIpc) is 2.83. The zero-order chi connectivity index (χ0) is 23.0. The number of carbonyl (C=O) groups is 1. The predicted molar refractivity (Wildman–Crippen MR) is 131 cm³/mol. The Morgan fingerprint density at radius 1 is 1.03 bits per heavy atom. The minimum Gasteiger partial charge on any atom is -0.353 e. The molecule has 3 heterocycles. The minimum absolute atomic E-state index is 0.0736. The lowest BCUT2D eigenvalue weighted by atomic mass is 9.80. The van der Waals surface area contributed by atoms with E-state index in [2.05, 4.69) is 22.3 Å². The molecule has 7 heteroatoms. The van der Waals surface area contributed by atoms with Crippen molar-refractivity contribution in [2.24, 2.45) is 5.92 Å². The number of fused-ring (bicyclic) bond motifs is 4. The molecular formula is C26H29N3O3S. The number of hydrogen-bond acceptors (Lipinski definition) is 5. The zero-order valence-corrected chi connectivity index (χ0v) is 19.6. The van der Waals surface area contributed by atoms with Crippen LogP contribution in [0, 0.1) is 5.92 Å². The molecule has 2 saturated heterocycles. The van der Waals surface area contributed by atoms with Crippen LogP contribution in [0.25, 0.3) is 10.9 Å². The van der Waals surface area contributed by atoms with E-state index in [0.29, 0.717) is 18.9 Å². The molecule has 0 spiro atoms. The van der Waals surface area contributed by atoms with Gasteiger partial charge < -0.3 is 10.2 Å². The molecule has 0 radical (unpaired) electrons. The number of nitrogens with zero attached hydrogens (tertiary/aromatic N) is 2. The summed E-state index contributed by atoms with van der Waals surface area (Å²) in [6.45, 7) is 1.12. The van der Waals surface area contributed by atoms with Crippen LogP contribution in [0.2, 0.25) is 0 Å². The van der Waals surface area contributed by atoms with Gasteiger partial charge in [0.25, 0.3) is 0 Å². The molecule has 0 unspecified atom stereocenters. The maximum absolute atomic E-state index is 12.5. The number of benzene rings is 2. The monoisotopic (exact) mass is 463 g/mol. The van der Waals surface area contributed by atoms with E-state index in [-0.39, 0.29) is 10.8 Å². The summed E-state index contributed by atoms with van der Waals surface area (Å²) in [5.41, 5.74) is 2.63. The summed E-state index contributed by atoms with van der Waals surface area (Å²) in [5, 5.41) is 3.98. The summed E-state index contributed by atoms with van der Waals surface area (Å²) in [5.74, 6) is 1.80. The lowest BCUT2D eigenvalue weighted by Crippen LogP contribution is -2.48. The third kappa shape index (κ3) is 4.88. The molecule has 1 N–H and O–H groups in total. The number of sulfone groups is 1. The first-order chi connectivity index (χ1) is 15.8. The molecule has 2 aromatic carbocycles. The summed E-state index contributed by atoms with van der Waals surface area (Å²) in [4.78, 5) is 20.1. The second-order valence-corrected chi connectivity index (χ2v) is 11.4. The third-order valence-corrected chi connectivity index (χ3v) is 8.09. The van der Waals surface area contributed by atoms with Gasteiger partial charge in [0.15, 0.2) is 9.84 Å². The van der Waals surface area contributed by atoms with Gasteiger partial charge in [-0.1, -0.05) is 12.1 Å². The fourth-order valence-electron chi connectivity index (χ4n) is 5.08. The fourth-order valence-corrected chi connectivity index (χ4v) is 5.71. The largest absolute Gasteiger partial charge is 0.353 e. The van der Waals surface area contributed by atoms with Crippen LogP contribution in [0.1, 0.15) is 37.7 Å². The summed E-state index contributed by atoms with van der Waals surface area (Å²) >= 11 is 0. The fraction of sp³-hybridized carbons (Fsp3) is 0.385. The SMILES string of the molecule is CS(=O)(=O)c1ccc(CCC(=O)Nc2ccc3nc(N4CC5CCC4CC5)ccc3c2)cc1. The molecule has 3 fully saturated rings. The van der Waals surface area contributed by atoms with E-state index in [4.69, 9.17) is 4.98 Å². The van der Waals surface area contributed by atoms with E-state index in [0.717, 1.165) is 40.4 Å². The molecule has 0 atom stereocenters. The van der Waals surface area contributed by atoms with Gasteiger partial charge in [-0.25, -0.2) is 13.4 Å². The lowest BCUT2D eigenvalue weighted by molar-refractivity contribution is -0.116. The number of amides is 1. The van der Waals surface area contributed by atoms with Gasteiger partial charge in [-0.3, -0.25) is 4.79 Å². The van der Waals surface area contributed by atoms with Gasteiger partial charge in [0, 0.05) is 36.3 Å². The van der Waals surface area contributed by atoms with Crippen molar-refractivity contribution in [1.29, 1.82) is 0 Å². The Morgan fingerprint density at radius 3 is 2.45 bits per heavy atom. The minimum atomic E-state index is -3.21. The van der Waals surface area contributed by atoms with E-state index in [1.165, 1.54) is 31.9 Å². The molecule has 33 heavy (non-hydrogen) atoms. The van der Waals surface area contributed by atoms with Crippen LogP contribution in [0.5, 0.6) is 0 Å². The number of aromatic nitrogens is 1. The Balaban J connectivity index is 1.21. The zero-order valence-electron chi connectivity index (χ0n) is 18.8. The maximum atomic E-state index is 12.5. The predicted octanol–water partition coefficient (Wildman–Crippen LogP) is 4.59. The van der Waals surface area contributed by atoms with Gasteiger partial charge in [0.1, 0.15) is 5.82 Å². The highest BCUT2D eigenvalue weighted by molar-refractivity contribution is 7.90. The first kappa shape index (κ1) is 21.9. The van der Waals surface area contributed by atoms with Crippen LogP contribution >= 0.6 is 0 Å². The molecule has 1 aliphatic carbocycles. The first-order valence-electron chi connectivity index (χ1n) is 11.6. The van der Waals surface area contributed by atoms with E-state index < -0.39 is 9.84 Å². The van der Waals surface area contributed by atoms with Gasteiger partial charge in [-0.05, 0) is 86.1 Å². The van der Waals surface area contributed by atoms with Gasteiger partial charge in [-0.15, -0.1) is 0 Å². The van der Waals surface area contributed by atoms with E-state index in [9.17, 15) is 13.2 Å². The van der Waals surface area contributed by atoms with Crippen LogP contribution < -0.4 is 10.2 Å². The number of hydrogen-bond donors (Lipinski definition) is 1. The van der Waals surface area contributed by atoms with Crippen LogP contribution in [-0.2, 0) is 21.1 Å². The van der Waals surface area contributed by atoms with Crippen LogP contribution in [0.3, 0.4) is 0 Å². The molecule has 2 bridgehead atoms. The van der Waals surface area contributed by atoms with Gasteiger partial charge in [0.05, 0.1) is 10.4 Å². The highest BCUT2D eigenvalue weighted by Gasteiger charge is 2.34. The molecule has 6 rings (SSSR count). The summed E-state index contributed by atoms with van der Waals surface area (Å²) in [7, 11) is -3.21. The van der Waals surface area contributed by atoms with Crippen molar-refractivity contribution in [3.05, 3.63) is 60.2 Å². The number of carbonyl (C=O) groups excluding carboxylic acids is 1. The number of rotatable bonds is 6. The van der Waals surface area contributed by atoms with E-state index >= 15 is 0 Å². The van der Waals surface area contributed by atoms with Gasteiger partial charge in [-0.2, -0.15) is 0 Å². The number of anilines is 2. The smallest absolute Gasteiger partial charge is 0.224 e. The Morgan fingerprint density at radius 2 is 1.79 bits per heavy atom. The molecule has 2 aliphatic heterocycles. The van der Waals surface area contributed by atoms with Crippen LogP contribution in [-0.4, -0.2) is 38.2 Å². The maximum Gasteiger partial charge on any atom is 0.224 e. The van der Waals surface area contributed by atoms with Crippen molar-refractivity contribution in [3.8, 4) is 0 Å². The number of aryl methyl sites for hydroxylation is 1. The normalized spacial score (nSPS) is 20.2. The molecule has 3 aromatic rings. The van der Waals surface area contributed by atoms with E-state index in [1.54, 1.807) is 24.3 Å². The highest BCUT2D eigenvalue weighted by Crippen LogP contribution is 2.37. The van der Waals surface area contributed by atoms with Crippen LogP contribution in [0.15, 0.2) is 59.5 Å². The molecule has 172 valence electrons. The standard InChI is InChI=1S/C26H29N3O3S/c1-33(31,32)23-11-4-18(5-12-23)6-15-26(30)27-21-8-13-24-20(16-21)7-14-25(28-24)29-17-19-2-9-22(29)10-3-19/h4-5,7-8,11-14,16,19,22H,2-3,6,9-10,15,17H2,1H3,(H,27,30). The Kier molecular flexibility index (Phi) is 5.83. The number of pyridine rings is 1. The third-order valence-electron chi connectivity index (χ3n) is 6.96. The summed E-state index contributed by atoms with van der Waals surface area (Å²) < 4.78 is 23.1. The second kappa shape index (κ2) is 8.78. The van der Waals surface area contributed by atoms with Crippen molar-refractivity contribution >= 4 is 38.2 Å². The Labute approximate surface area is 194 Å². The number of nitrogens with one attached hydrogen (secondary N) is 1. The molecule has 1 saturated carbocycles. The second-order valence-electron chi connectivity index (χ2n) is 9.37. The highest BCUT2D eigenvalue weighted by atomic mass is 32.2. The summed E-state index contributed by atoms with van der Waals surface area (Å²) in [6.07, 6.45) is 7.31. The Hall–Kier alpha value is -2.93. The molecule has 6 nitrogen and oxygen atoms in total. The van der Waals surface area contributed by atoms with E-state index in [1.807, 2.05) is 18.2 Å². The van der Waals surface area contributed by atoms with Crippen molar-refractivity contribution in [2.75, 3.05) is 23.0 Å². The van der Waals surface area contributed by atoms with Crippen molar-refractivity contribution in [1.82, 2.24) is 4.98 Å². The molecular weight excluding hydrogens is 434 g/mol. The molecule has 1 amide bonds. The molecule has 3 aliphatic rings. The topological polar surface area (TPSA) is 79.4 Å². The summed E-state index contributed by atoms with van der Waals surface area (Å²) in [6, 6.07) is 17.4. The quantitative estimate of drug-likeness (QED) is 0.578. The Bertz CT molecular complexity index is 1280. The average molecular weight is 464 g/mol. The van der Waals surface area contributed by atoms with Gasteiger partial charge in [0.2, 0.25) is 5.91 Å². The lowest BCUT2D eigenvalue weighted by Gasteiger charge is -2.46. The van der Waals surface area contributed by atoms with Crippen molar-refractivity contribution in [2.45, 2.75) is 49.5 Å².